The molecule has 7 heteroatoms. The molecule has 0 unspecified atom stereocenters. The number of carbonyl (C=O) groups excluding carboxylic acids is 1. The highest BCUT2D eigenvalue weighted by Crippen LogP contribution is 2.23. The van der Waals surface area contributed by atoms with Gasteiger partial charge in [-0.25, -0.2) is 14.3 Å². The van der Waals surface area contributed by atoms with Crippen molar-refractivity contribution in [2.24, 2.45) is 0 Å². The van der Waals surface area contributed by atoms with Crippen molar-refractivity contribution in [3.63, 3.8) is 0 Å². The molecule has 26 heavy (non-hydrogen) atoms. The van der Waals surface area contributed by atoms with E-state index in [4.69, 9.17) is 9.47 Å². The lowest BCUT2D eigenvalue weighted by molar-refractivity contribution is 0.0516. The molecule has 136 valence electrons. The molecule has 1 aromatic carbocycles. The second kappa shape index (κ2) is 7.43. The molecule has 2 aromatic heterocycles. The monoisotopic (exact) mass is 354 g/mol. The molecule has 0 aliphatic rings. The van der Waals surface area contributed by atoms with E-state index in [1.807, 2.05) is 44.3 Å². The van der Waals surface area contributed by atoms with Crippen molar-refractivity contribution in [3.8, 4) is 5.75 Å². The zero-order valence-corrected chi connectivity index (χ0v) is 15.4. The minimum absolute atomic E-state index is 0.308. The predicted octanol–water partition coefficient (Wildman–Crippen LogP) is 2.86. The predicted molar refractivity (Wildman–Crippen MR) is 98.8 cm³/mol. The molecule has 3 aromatic rings. The number of fused-ring (bicyclic) bond motifs is 1. The fourth-order valence-electron chi connectivity index (χ4n) is 2.79. The standard InChI is InChI=1S/C19H22N4O3/c1-5-26-19(24)17-11-20-18-16(10-13(2)21-23(17)18)22(3)12-14-6-8-15(25-4)9-7-14/h6-11H,5,12H2,1-4H3. The van der Waals surface area contributed by atoms with Crippen molar-refractivity contribution in [1.82, 2.24) is 14.6 Å². The first-order valence-corrected chi connectivity index (χ1v) is 8.40. The number of rotatable bonds is 6. The van der Waals surface area contributed by atoms with Crippen LogP contribution in [0.5, 0.6) is 5.75 Å². The number of ether oxygens (including phenoxy) is 2. The quantitative estimate of drug-likeness (QED) is 0.634. The molecule has 0 saturated heterocycles. The third kappa shape index (κ3) is 3.46. The first-order chi connectivity index (χ1) is 12.5. The van der Waals surface area contributed by atoms with Crippen molar-refractivity contribution in [1.29, 1.82) is 0 Å². The lowest BCUT2D eigenvalue weighted by Gasteiger charge is -2.20. The summed E-state index contributed by atoms with van der Waals surface area (Å²) in [5.74, 6) is 0.396. The third-order valence-electron chi connectivity index (χ3n) is 4.04. The van der Waals surface area contributed by atoms with Gasteiger partial charge < -0.3 is 14.4 Å². The second-order valence-corrected chi connectivity index (χ2v) is 5.97. The van der Waals surface area contributed by atoms with Crippen LogP contribution in [0.25, 0.3) is 5.65 Å². The Bertz CT molecular complexity index is 918. The summed E-state index contributed by atoms with van der Waals surface area (Å²) in [5, 5.41) is 4.42. The first kappa shape index (κ1) is 17.7. The zero-order valence-electron chi connectivity index (χ0n) is 15.4. The molecular formula is C19H22N4O3. The lowest BCUT2D eigenvalue weighted by atomic mass is 10.2. The van der Waals surface area contributed by atoms with Gasteiger partial charge in [0.05, 0.1) is 31.3 Å². The molecule has 0 aliphatic heterocycles. The fraction of sp³-hybridized carbons (Fsp3) is 0.316. The molecule has 0 bridgehead atoms. The Balaban J connectivity index is 1.94. The summed E-state index contributed by atoms with van der Waals surface area (Å²) >= 11 is 0. The van der Waals surface area contributed by atoms with Gasteiger partial charge in [0.25, 0.3) is 0 Å². The number of aromatic nitrogens is 3. The molecule has 0 N–H and O–H groups in total. The highest BCUT2D eigenvalue weighted by Gasteiger charge is 2.18. The number of esters is 1. The smallest absolute Gasteiger partial charge is 0.358 e. The van der Waals surface area contributed by atoms with Gasteiger partial charge in [0, 0.05) is 13.6 Å². The summed E-state index contributed by atoms with van der Waals surface area (Å²) in [6.45, 7) is 4.65. The van der Waals surface area contributed by atoms with Crippen LogP contribution in [0.3, 0.4) is 0 Å². The second-order valence-electron chi connectivity index (χ2n) is 5.97. The molecule has 2 heterocycles. The van der Waals surface area contributed by atoms with E-state index in [9.17, 15) is 4.79 Å². The molecule has 7 nitrogen and oxygen atoms in total. The lowest BCUT2D eigenvalue weighted by Crippen LogP contribution is -2.19. The average molecular weight is 354 g/mol. The van der Waals surface area contributed by atoms with Crippen LogP contribution in [0.1, 0.15) is 28.7 Å². The summed E-state index contributed by atoms with van der Waals surface area (Å²) in [4.78, 5) is 18.6. The molecule has 0 saturated carbocycles. The maximum Gasteiger partial charge on any atom is 0.358 e. The van der Waals surface area contributed by atoms with E-state index in [1.165, 1.54) is 6.20 Å². The summed E-state index contributed by atoms with van der Waals surface area (Å²) in [6, 6.07) is 9.88. The van der Waals surface area contributed by atoms with Crippen molar-refractivity contribution in [3.05, 3.63) is 53.5 Å². The molecule has 0 fully saturated rings. The van der Waals surface area contributed by atoms with Crippen LogP contribution in [0.15, 0.2) is 36.5 Å². The maximum absolute atomic E-state index is 12.1. The highest BCUT2D eigenvalue weighted by atomic mass is 16.5. The van der Waals surface area contributed by atoms with Crippen LogP contribution in [-0.2, 0) is 11.3 Å². The van der Waals surface area contributed by atoms with E-state index in [0.29, 0.717) is 24.5 Å². The van der Waals surface area contributed by atoms with Gasteiger partial charge >= 0.3 is 5.97 Å². The number of nitrogens with zero attached hydrogens (tertiary/aromatic N) is 4. The number of carbonyl (C=O) groups is 1. The van der Waals surface area contributed by atoms with Crippen molar-refractivity contribution in [2.75, 3.05) is 25.7 Å². The molecule has 0 amide bonds. The minimum Gasteiger partial charge on any atom is -0.497 e. The number of methoxy groups -OCH3 is 1. The molecular weight excluding hydrogens is 332 g/mol. The van der Waals surface area contributed by atoms with Crippen LogP contribution in [-0.4, -0.2) is 41.3 Å². The van der Waals surface area contributed by atoms with E-state index >= 15 is 0 Å². The molecule has 0 atom stereocenters. The van der Waals surface area contributed by atoms with Gasteiger partial charge in [-0.3, -0.25) is 0 Å². The first-order valence-electron chi connectivity index (χ1n) is 8.40. The van der Waals surface area contributed by atoms with Gasteiger partial charge in [-0.05, 0) is 37.6 Å². The Morgan fingerprint density at radius 1 is 1.27 bits per heavy atom. The van der Waals surface area contributed by atoms with E-state index in [-0.39, 0.29) is 0 Å². The summed E-state index contributed by atoms with van der Waals surface area (Å²) in [5.41, 5.74) is 3.76. The molecule has 0 spiro atoms. The van der Waals surface area contributed by atoms with Crippen LogP contribution < -0.4 is 9.64 Å². The van der Waals surface area contributed by atoms with E-state index in [2.05, 4.69) is 15.0 Å². The normalized spacial score (nSPS) is 10.8. The van der Waals surface area contributed by atoms with Crippen molar-refractivity contribution in [2.45, 2.75) is 20.4 Å². The number of aryl methyl sites for hydroxylation is 1. The summed E-state index contributed by atoms with van der Waals surface area (Å²) < 4.78 is 11.8. The van der Waals surface area contributed by atoms with Gasteiger partial charge in [-0.15, -0.1) is 0 Å². The molecule has 0 aliphatic carbocycles. The van der Waals surface area contributed by atoms with Gasteiger partial charge in [0.15, 0.2) is 11.3 Å². The Hall–Kier alpha value is -3.09. The van der Waals surface area contributed by atoms with E-state index in [0.717, 1.165) is 22.7 Å². The van der Waals surface area contributed by atoms with Crippen LogP contribution >= 0.6 is 0 Å². The summed E-state index contributed by atoms with van der Waals surface area (Å²) in [6.07, 6.45) is 1.50. The maximum atomic E-state index is 12.1. The highest BCUT2D eigenvalue weighted by molar-refractivity contribution is 5.89. The average Bonchev–Trinajstić information content (AvgIpc) is 3.05. The Morgan fingerprint density at radius 2 is 2.00 bits per heavy atom. The van der Waals surface area contributed by atoms with Gasteiger partial charge in [0.1, 0.15) is 5.75 Å². The molecule has 0 radical (unpaired) electrons. The van der Waals surface area contributed by atoms with Gasteiger partial charge in [0.2, 0.25) is 0 Å². The van der Waals surface area contributed by atoms with E-state index in [1.54, 1.807) is 18.5 Å². The Kier molecular flexibility index (Phi) is 5.06. The van der Waals surface area contributed by atoms with Crippen LogP contribution in [0.2, 0.25) is 0 Å². The van der Waals surface area contributed by atoms with Gasteiger partial charge in [-0.1, -0.05) is 12.1 Å². The largest absolute Gasteiger partial charge is 0.497 e. The Morgan fingerprint density at radius 3 is 2.65 bits per heavy atom. The van der Waals surface area contributed by atoms with Gasteiger partial charge in [-0.2, -0.15) is 5.10 Å². The number of anilines is 1. The zero-order chi connectivity index (χ0) is 18.7. The van der Waals surface area contributed by atoms with E-state index < -0.39 is 5.97 Å². The number of hydrogen-bond donors (Lipinski definition) is 0. The fourth-order valence-corrected chi connectivity index (χ4v) is 2.79. The summed E-state index contributed by atoms with van der Waals surface area (Å²) in [7, 11) is 3.63. The Labute approximate surface area is 152 Å². The van der Waals surface area contributed by atoms with Crippen molar-refractivity contribution < 1.29 is 14.3 Å². The van der Waals surface area contributed by atoms with Crippen LogP contribution in [0.4, 0.5) is 5.69 Å². The topological polar surface area (TPSA) is 69.0 Å². The van der Waals surface area contributed by atoms with Crippen molar-refractivity contribution >= 4 is 17.3 Å². The molecule has 3 rings (SSSR count). The minimum atomic E-state index is -0.429. The number of imidazole rings is 1. The number of hydrogen-bond acceptors (Lipinski definition) is 6. The SMILES string of the molecule is CCOC(=O)c1cnc2c(N(C)Cc3ccc(OC)cc3)cc(C)nn12. The third-order valence-corrected chi connectivity index (χ3v) is 4.04. The van der Waals surface area contributed by atoms with Crippen LogP contribution in [0, 0.1) is 6.92 Å². The number of benzene rings is 1.